The van der Waals surface area contributed by atoms with Gasteiger partial charge in [-0.05, 0) is 37.6 Å². The highest BCUT2D eigenvalue weighted by Crippen LogP contribution is 2.36. The molecular formula is C23H22ClN3O3S. The average Bonchev–Trinajstić information content (AvgIpc) is 3.17. The third-order valence-corrected chi connectivity index (χ3v) is 6.35. The molecule has 1 aliphatic rings. The van der Waals surface area contributed by atoms with E-state index in [4.69, 9.17) is 16.3 Å². The second kappa shape index (κ2) is 9.08. The SMILES string of the molecule is CCCNC(=O)C1CN(C(=O)c2sc(-c3cccc(Cl)c3)nc2C)c2ccccc2O1. The van der Waals surface area contributed by atoms with Gasteiger partial charge < -0.3 is 10.1 Å². The van der Waals surface area contributed by atoms with E-state index in [1.54, 1.807) is 17.0 Å². The van der Waals surface area contributed by atoms with Gasteiger partial charge in [0, 0.05) is 17.1 Å². The number of fused-ring (bicyclic) bond motifs is 1. The van der Waals surface area contributed by atoms with Crippen LogP contribution < -0.4 is 15.0 Å². The largest absolute Gasteiger partial charge is 0.477 e. The minimum absolute atomic E-state index is 0.134. The first-order chi connectivity index (χ1) is 15.0. The lowest BCUT2D eigenvalue weighted by molar-refractivity contribution is -0.127. The smallest absolute Gasteiger partial charge is 0.270 e. The molecule has 4 rings (SSSR count). The molecule has 160 valence electrons. The second-order valence-corrected chi connectivity index (χ2v) is 8.66. The van der Waals surface area contributed by atoms with Crippen LogP contribution >= 0.6 is 22.9 Å². The fourth-order valence-corrected chi connectivity index (χ4v) is 4.59. The quantitative estimate of drug-likeness (QED) is 0.605. The van der Waals surface area contributed by atoms with Crippen LogP contribution in [-0.2, 0) is 4.79 Å². The number of hydrogen-bond donors (Lipinski definition) is 1. The molecule has 0 radical (unpaired) electrons. The van der Waals surface area contributed by atoms with Crippen molar-refractivity contribution in [2.45, 2.75) is 26.4 Å². The van der Waals surface area contributed by atoms with Gasteiger partial charge in [0.1, 0.15) is 15.6 Å². The Labute approximate surface area is 189 Å². The maximum atomic E-state index is 13.6. The van der Waals surface area contributed by atoms with E-state index in [1.807, 2.05) is 50.2 Å². The number of benzene rings is 2. The molecule has 2 aromatic carbocycles. The summed E-state index contributed by atoms with van der Waals surface area (Å²) in [5, 5.41) is 4.19. The lowest BCUT2D eigenvalue weighted by Crippen LogP contribution is -2.50. The Morgan fingerprint density at radius 1 is 1.26 bits per heavy atom. The number of aryl methyl sites for hydroxylation is 1. The number of anilines is 1. The Morgan fingerprint density at radius 2 is 2.06 bits per heavy atom. The van der Waals surface area contributed by atoms with E-state index >= 15 is 0 Å². The van der Waals surface area contributed by atoms with Crippen molar-refractivity contribution in [1.29, 1.82) is 0 Å². The molecule has 0 saturated carbocycles. The summed E-state index contributed by atoms with van der Waals surface area (Å²) in [7, 11) is 0. The highest BCUT2D eigenvalue weighted by Gasteiger charge is 2.35. The molecule has 0 aliphatic carbocycles. The van der Waals surface area contributed by atoms with Crippen molar-refractivity contribution < 1.29 is 14.3 Å². The van der Waals surface area contributed by atoms with E-state index in [2.05, 4.69) is 10.3 Å². The molecule has 1 aromatic heterocycles. The van der Waals surface area contributed by atoms with Gasteiger partial charge in [0.15, 0.2) is 6.10 Å². The van der Waals surface area contributed by atoms with E-state index in [1.165, 1.54) is 11.3 Å². The number of hydrogen-bond acceptors (Lipinski definition) is 5. The normalized spacial score (nSPS) is 15.2. The van der Waals surface area contributed by atoms with Gasteiger partial charge in [0.25, 0.3) is 11.8 Å². The van der Waals surface area contributed by atoms with Gasteiger partial charge in [-0.25, -0.2) is 4.98 Å². The number of nitrogens with zero attached hydrogens (tertiary/aromatic N) is 2. The van der Waals surface area contributed by atoms with Crippen molar-refractivity contribution in [2.24, 2.45) is 0 Å². The predicted octanol–water partition coefficient (Wildman–Crippen LogP) is 4.71. The molecule has 1 atom stereocenters. The fraction of sp³-hybridized carbons (Fsp3) is 0.261. The van der Waals surface area contributed by atoms with E-state index in [-0.39, 0.29) is 18.4 Å². The summed E-state index contributed by atoms with van der Waals surface area (Å²) in [6, 6.07) is 14.6. The molecular weight excluding hydrogens is 434 g/mol. The monoisotopic (exact) mass is 455 g/mol. The topological polar surface area (TPSA) is 71.5 Å². The molecule has 0 saturated heterocycles. The Kier molecular flexibility index (Phi) is 6.25. The molecule has 8 heteroatoms. The zero-order valence-corrected chi connectivity index (χ0v) is 18.8. The van der Waals surface area contributed by atoms with Gasteiger partial charge in [-0.15, -0.1) is 11.3 Å². The molecule has 1 N–H and O–H groups in total. The molecule has 6 nitrogen and oxygen atoms in total. The molecule has 2 amide bonds. The minimum Gasteiger partial charge on any atom is -0.477 e. The van der Waals surface area contributed by atoms with Gasteiger partial charge >= 0.3 is 0 Å². The molecule has 0 bridgehead atoms. The molecule has 2 heterocycles. The van der Waals surface area contributed by atoms with Crippen LogP contribution in [0.1, 0.15) is 28.7 Å². The third-order valence-electron chi connectivity index (χ3n) is 4.92. The van der Waals surface area contributed by atoms with Gasteiger partial charge in [-0.1, -0.05) is 42.8 Å². The first-order valence-electron chi connectivity index (χ1n) is 10.1. The van der Waals surface area contributed by atoms with Gasteiger partial charge in [-0.3, -0.25) is 14.5 Å². The number of aromatic nitrogens is 1. The summed E-state index contributed by atoms with van der Waals surface area (Å²) in [5.74, 6) is 0.0816. The van der Waals surface area contributed by atoms with Crippen molar-refractivity contribution in [3.8, 4) is 16.3 Å². The number of nitrogens with one attached hydrogen (secondary N) is 1. The number of amides is 2. The highest BCUT2D eigenvalue weighted by molar-refractivity contribution is 7.17. The van der Waals surface area contributed by atoms with Crippen molar-refractivity contribution in [2.75, 3.05) is 18.0 Å². The first-order valence-corrected chi connectivity index (χ1v) is 11.3. The van der Waals surface area contributed by atoms with E-state index in [0.717, 1.165) is 17.0 Å². The van der Waals surface area contributed by atoms with Gasteiger partial charge in [-0.2, -0.15) is 0 Å². The lowest BCUT2D eigenvalue weighted by atomic mass is 10.1. The summed E-state index contributed by atoms with van der Waals surface area (Å²) >= 11 is 7.43. The van der Waals surface area contributed by atoms with Crippen LogP contribution in [0.15, 0.2) is 48.5 Å². The van der Waals surface area contributed by atoms with Crippen LogP contribution in [0.25, 0.3) is 10.6 Å². The number of ether oxygens (including phenoxy) is 1. The lowest BCUT2D eigenvalue weighted by Gasteiger charge is -2.34. The number of rotatable bonds is 5. The summed E-state index contributed by atoms with van der Waals surface area (Å²) in [6.45, 7) is 4.49. The number of halogens is 1. The average molecular weight is 456 g/mol. The van der Waals surface area contributed by atoms with E-state index < -0.39 is 6.10 Å². The number of para-hydroxylation sites is 2. The van der Waals surface area contributed by atoms with Crippen LogP contribution in [0.4, 0.5) is 5.69 Å². The summed E-state index contributed by atoms with van der Waals surface area (Å²) in [6.07, 6.45) is 0.0512. The second-order valence-electron chi connectivity index (χ2n) is 7.22. The Hall–Kier alpha value is -2.90. The van der Waals surface area contributed by atoms with Crippen LogP contribution in [0.5, 0.6) is 5.75 Å². The molecule has 31 heavy (non-hydrogen) atoms. The predicted molar refractivity (Wildman–Crippen MR) is 123 cm³/mol. The Bertz CT molecular complexity index is 1130. The van der Waals surface area contributed by atoms with Crippen molar-refractivity contribution in [3.05, 3.63) is 64.1 Å². The summed E-state index contributed by atoms with van der Waals surface area (Å²) < 4.78 is 5.89. The third kappa shape index (κ3) is 4.43. The molecule has 0 fully saturated rings. The van der Waals surface area contributed by atoms with Gasteiger partial charge in [0.2, 0.25) is 0 Å². The summed E-state index contributed by atoms with van der Waals surface area (Å²) in [4.78, 5) is 32.8. The molecule has 1 unspecified atom stereocenters. The standard InChI is InChI=1S/C23H22ClN3O3S/c1-3-11-25-21(28)19-13-27(17-9-4-5-10-18(17)30-19)23(29)20-14(2)26-22(31-20)15-7-6-8-16(24)12-15/h4-10,12,19H,3,11,13H2,1-2H3,(H,25,28). The maximum Gasteiger partial charge on any atom is 0.270 e. The fourth-order valence-electron chi connectivity index (χ4n) is 3.39. The molecule has 1 aliphatic heterocycles. The zero-order valence-electron chi connectivity index (χ0n) is 17.2. The van der Waals surface area contributed by atoms with E-state index in [9.17, 15) is 9.59 Å². The highest BCUT2D eigenvalue weighted by atomic mass is 35.5. The first kappa shape index (κ1) is 21.3. The molecule has 0 spiro atoms. The maximum absolute atomic E-state index is 13.6. The number of thiazole rings is 1. The minimum atomic E-state index is -0.772. The molecule has 3 aromatic rings. The van der Waals surface area contributed by atoms with Crippen LogP contribution in [-0.4, -0.2) is 36.0 Å². The van der Waals surface area contributed by atoms with E-state index in [0.29, 0.717) is 33.6 Å². The van der Waals surface area contributed by atoms with Crippen molar-refractivity contribution in [3.63, 3.8) is 0 Å². The van der Waals surface area contributed by atoms with Crippen LogP contribution in [0.2, 0.25) is 5.02 Å². The van der Waals surface area contributed by atoms with Crippen LogP contribution in [0.3, 0.4) is 0 Å². The Morgan fingerprint density at radius 3 is 2.84 bits per heavy atom. The number of carbonyl (C=O) groups is 2. The van der Waals surface area contributed by atoms with Gasteiger partial charge in [0.05, 0.1) is 17.9 Å². The summed E-state index contributed by atoms with van der Waals surface area (Å²) in [5.41, 5.74) is 2.14. The zero-order chi connectivity index (χ0) is 22.0. The Balaban J connectivity index is 1.66. The number of carbonyl (C=O) groups excluding carboxylic acids is 2. The van der Waals surface area contributed by atoms with Crippen molar-refractivity contribution >= 4 is 40.4 Å². The van der Waals surface area contributed by atoms with Crippen molar-refractivity contribution in [1.82, 2.24) is 10.3 Å². The van der Waals surface area contributed by atoms with Crippen LogP contribution in [0, 0.1) is 6.92 Å².